The number of amides is 2. The van der Waals surface area contributed by atoms with Gasteiger partial charge in [0.2, 0.25) is 10.0 Å². The fraction of sp³-hybridized carbons (Fsp3) is 0.471. The normalized spacial score (nSPS) is 16.0. The third kappa shape index (κ3) is 5.10. The number of carbonyl (C=O) groups excluding carboxylic acids is 1. The van der Waals surface area contributed by atoms with Gasteiger partial charge in [-0.25, -0.2) is 22.9 Å². The second-order valence-corrected chi connectivity index (χ2v) is 9.49. The van der Waals surface area contributed by atoms with Crippen molar-refractivity contribution in [2.24, 2.45) is 0 Å². The maximum Gasteiger partial charge on any atom is 0.417 e. The maximum atomic E-state index is 12.9. The summed E-state index contributed by atoms with van der Waals surface area (Å²) >= 11 is 5.90. The molecule has 2 aromatic heterocycles. The van der Waals surface area contributed by atoms with Gasteiger partial charge in [0.05, 0.1) is 23.0 Å². The summed E-state index contributed by atoms with van der Waals surface area (Å²) in [6, 6.07) is 0.398. The molecule has 0 bridgehead atoms. The van der Waals surface area contributed by atoms with Crippen LogP contribution in [0.25, 0.3) is 5.82 Å². The molecule has 0 spiro atoms. The topological polar surface area (TPSA) is 100 Å². The number of pyridine rings is 1. The molecule has 2 aromatic rings. The molecule has 0 atom stereocenters. The summed E-state index contributed by atoms with van der Waals surface area (Å²) in [6.45, 7) is 4.29. The Morgan fingerprint density at radius 2 is 1.84 bits per heavy atom. The largest absolute Gasteiger partial charge is 0.417 e. The number of sulfonamides is 1. The zero-order valence-corrected chi connectivity index (χ0v) is 18.2. The Bertz CT molecular complexity index is 1070. The van der Waals surface area contributed by atoms with E-state index in [0.717, 1.165) is 17.1 Å². The van der Waals surface area contributed by atoms with Crippen molar-refractivity contribution in [1.29, 1.82) is 0 Å². The lowest BCUT2D eigenvalue weighted by Gasteiger charge is -2.34. The van der Waals surface area contributed by atoms with Crippen LogP contribution in [0, 0.1) is 0 Å². The summed E-state index contributed by atoms with van der Waals surface area (Å²) in [5.41, 5.74) is -1.03. The van der Waals surface area contributed by atoms with E-state index in [2.05, 4.69) is 15.4 Å². The Kier molecular flexibility index (Phi) is 6.48. The highest BCUT2D eigenvalue weighted by atomic mass is 35.5. The van der Waals surface area contributed by atoms with Gasteiger partial charge in [-0.1, -0.05) is 11.6 Å². The van der Waals surface area contributed by atoms with E-state index in [1.54, 1.807) is 0 Å². The third-order valence-corrected chi connectivity index (χ3v) is 6.63. The lowest BCUT2D eigenvalue weighted by molar-refractivity contribution is -0.137. The molecule has 1 saturated heterocycles. The zero-order chi connectivity index (χ0) is 23.0. The predicted octanol–water partition coefficient (Wildman–Crippen LogP) is 2.36. The average Bonchev–Trinajstić information content (AvgIpc) is 3.17. The molecule has 0 radical (unpaired) electrons. The molecule has 1 aliphatic rings. The first kappa shape index (κ1) is 23.3. The maximum absolute atomic E-state index is 12.9. The Labute approximate surface area is 181 Å². The van der Waals surface area contributed by atoms with Crippen molar-refractivity contribution in [3.8, 4) is 5.82 Å². The van der Waals surface area contributed by atoms with E-state index in [1.165, 1.54) is 9.21 Å². The Balaban J connectivity index is 1.74. The first-order valence-electron chi connectivity index (χ1n) is 9.23. The molecule has 1 aliphatic heterocycles. The second-order valence-electron chi connectivity index (χ2n) is 7.14. The summed E-state index contributed by atoms with van der Waals surface area (Å²) in [5.74, 6) is -0.133. The second kappa shape index (κ2) is 8.63. The lowest BCUT2D eigenvalue weighted by Crippen LogP contribution is -2.53. The molecule has 0 saturated carbocycles. The van der Waals surface area contributed by atoms with Gasteiger partial charge in [0.1, 0.15) is 4.90 Å². The first-order chi connectivity index (χ1) is 14.4. The Morgan fingerprint density at radius 3 is 2.39 bits per heavy atom. The summed E-state index contributed by atoms with van der Waals surface area (Å²) in [6.07, 6.45) is -1.81. The van der Waals surface area contributed by atoms with Crippen molar-refractivity contribution in [2.45, 2.75) is 31.0 Å². The van der Waals surface area contributed by atoms with E-state index in [4.69, 9.17) is 11.6 Å². The number of rotatable bonds is 4. The van der Waals surface area contributed by atoms with Gasteiger partial charge in [-0.3, -0.25) is 0 Å². The van der Waals surface area contributed by atoms with E-state index >= 15 is 0 Å². The molecule has 3 rings (SSSR count). The van der Waals surface area contributed by atoms with Gasteiger partial charge < -0.3 is 10.2 Å². The SMILES string of the molecule is CC(C)NC(=O)N1CCN(S(=O)(=O)c2cnn(-c3ncc(C(F)(F)F)cc3Cl)c2)CC1. The van der Waals surface area contributed by atoms with Gasteiger partial charge in [0.15, 0.2) is 5.82 Å². The number of alkyl halides is 3. The number of urea groups is 1. The van der Waals surface area contributed by atoms with Gasteiger partial charge in [0.25, 0.3) is 0 Å². The number of halogens is 4. The van der Waals surface area contributed by atoms with Crippen LogP contribution in [0.4, 0.5) is 18.0 Å². The molecule has 0 unspecified atom stereocenters. The Morgan fingerprint density at radius 1 is 1.19 bits per heavy atom. The number of nitrogens with one attached hydrogen (secondary N) is 1. The van der Waals surface area contributed by atoms with Crippen LogP contribution in [-0.2, 0) is 16.2 Å². The van der Waals surface area contributed by atoms with E-state index in [9.17, 15) is 26.4 Å². The van der Waals surface area contributed by atoms with Crippen LogP contribution in [0.3, 0.4) is 0 Å². The minimum Gasteiger partial charge on any atom is -0.336 e. The van der Waals surface area contributed by atoms with Crippen LogP contribution >= 0.6 is 11.6 Å². The fourth-order valence-electron chi connectivity index (χ4n) is 2.93. The minimum absolute atomic E-state index is 0.0364. The molecule has 9 nitrogen and oxygen atoms in total. The van der Waals surface area contributed by atoms with Crippen LogP contribution in [0.15, 0.2) is 29.6 Å². The lowest BCUT2D eigenvalue weighted by atomic mass is 10.3. The molecular formula is C17H20ClF3N6O3S. The molecule has 31 heavy (non-hydrogen) atoms. The summed E-state index contributed by atoms with van der Waals surface area (Å²) < 4.78 is 66.4. The standard InChI is InChI=1S/C17H20ClF3N6O3S/c1-11(2)24-16(28)25-3-5-26(6-4-25)31(29,30)13-9-23-27(10-13)15-14(18)7-12(8-22-15)17(19,20)21/h7-11H,3-6H2,1-2H3,(H,24,28). The number of nitrogens with zero attached hydrogens (tertiary/aromatic N) is 5. The molecule has 3 heterocycles. The number of piperazine rings is 1. The van der Waals surface area contributed by atoms with Crippen LogP contribution in [0.2, 0.25) is 5.02 Å². The molecule has 0 aromatic carbocycles. The smallest absolute Gasteiger partial charge is 0.336 e. The van der Waals surface area contributed by atoms with Crippen LogP contribution in [0.1, 0.15) is 19.4 Å². The van der Waals surface area contributed by atoms with E-state index in [1.807, 2.05) is 13.8 Å². The highest BCUT2D eigenvalue weighted by Gasteiger charge is 2.33. The number of carbonyl (C=O) groups is 1. The highest BCUT2D eigenvalue weighted by molar-refractivity contribution is 7.89. The Hall–Kier alpha value is -2.38. The van der Waals surface area contributed by atoms with Crippen molar-refractivity contribution in [3.63, 3.8) is 0 Å². The average molecular weight is 481 g/mol. The zero-order valence-electron chi connectivity index (χ0n) is 16.6. The summed E-state index contributed by atoms with van der Waals surface area (Å²) in [5, 5.41) is 6.31. The van der Waals surface area contributed by atoms with Crippen molar-refractivity contribution in [1.82, 2.24) is 29.3 Å². The third-order valence-electron chi connectivity index (χ3n) is 4.50. The molecule has 0 aliphatic carbocycles. The summed E-state index contributed by atoms with van der Waals surface area (Å²) in [7, 11) is -3.92. The number of hydrogen-bond acceptors (Lipinski definition) is 5. The van der Waals surface area contributed by atoms with E-state index in [-0.39, 0.29) is 54.0 Å². The van der Waals surface area contributed by atoms with Crippen LogP contribution in [0.5, 0.6) is 0 Å². The van der Waals surface area contributed by atoms with Gasteiger partial charge in [-0.2, -0.15) is 22.6 Å². The summed E-state index contributed by atoms with van der Waals surface area (Å²) in [4.78, 5) is 17.1. The van der Waals surface area contributed by atoms with Crippen molar-refractivity contribution in [2.75, 3.05) is 26.2 Å². The monoisotopic (exact) mass is 480 g/mol. The highest BCUT2D eigenvalue weighted by Crippen LogP contribution is 2.32. The molecule has 170 valence electrons. The van der Waals surface area contributed by atoms with Gasteiger partial charge in [0, 0.05) is 38.4 Å². The molecule has 1 fully saturated rings. The molecule has 14 heteroatoms. The van der Waals surface area contributed by atoms with Crippen molar-refractivity contribution in [3.05, 3.63) is 35.2 Å². The van der Waals surface area contributed by atoms with Crippen molar-refractivity contribution >= 4 is 27.7 Å². The van der Waals surface area contributed by atoms with Crippen molar-refractivity contribution < 1.29 is 26.4 Å². The number of aromatic nitrogens is 3. The van der Waals surface area contributed by atoms with Gasteiger partial charge in [-0.15, -0.1) is 0 Å². The predicted molar refractivity (Wildman–Crippen MR) is 105 cm³/mol. The van der Waals surface area contributed by atoms with Crippen LogP contribution < -0.4 is 5.32 Å². The van der Waals surface area contributed by atoms with Gasteiger partial charge >= 0.3 is 12.2 Å². The van der Waals surface area contributed by atoms with Gasteiger partial charge in [-0.05, 0) is 19.9 Å². The molecule has 2 amide bonds. The minimum atomic E-state index is -4.61. The first-order valence-corrected chi connectivity index (χ1v) is 11.0. The fourth-order valence-corrected chi connectivity index (χ4v) is 4.54. The van der Waals surface area contributed by atoms with Crippen LogP contribution in [-0.4, -0.2) is 70.6 Å². The molecule has 1 N–H and O–H groups in total. The quantitative estimate of drug-likeness (QED) is 0.724. The van der Waals surface area contributed by atoms with E-state index < -0.39 is 21.8 Å². The number of hydrogen-bond donors (Lipinski definition) is 1. The molecular weight excluding hydrogens is 461 g/mol. The van der Waals surface area contributed by atoms with E-state index in [0.29, 0.717) is 12.3 Å².